The van der Waals surface area contributed by atoms with Crippen LogP contribution in [-0.2, 0) is 12.6 Å². The van der Waals surface area contributed by atoms with Crippen molar-refractivity contribution in [3.8, 4) is 0 Å². The number of nitrogen functional groups attached to an aromatic ring is 1. The Hall–Kier alpha value is -2.04. The normalized spacial score (nSPS) is 11.6. The van der Waals surface area contributed by atoms with Gasteiger partial charge < -0.3 is 5.73 Å². The summed E-state index contributed by atoms with van der Waals surface area (Å²) in [7, 11) is 0. The van der Waals surface area contributed by atoms with E-state index in [0.29, 0.717) is 17.8 Å². The van der Waals surface area contributed by atoms with Gasteiger partial charge in [-0.25, -0.2) is 4.98 Å². The average molecular weight is 266 g/mol. The predicted octanol–water partition coefficient (Wildman–Crippen LogP) is 3.58. The molecule has 5 heteroatoms. The number of nitrogens with zero attached hydrogens (tertiary/aromatic N) is 1. The van der Waals surface area contributed by atoms with E-state index in [-0.39, 0.29) is 0 Å². The van der Waals surface area contributed by atoms with Gasteiger partial charge >= 0.3 is 6.18 Å². The van der Waals surface area contributed by atoms with Crippen LogP contribution >= 0.6 is 0 Å². The lowest BCUT2D eigenvalue weighted by Gasteiger charge is -2.11. The van der Waals surface area contributed by atoms with E-state index in [2.05, 4.69) is 4.98 Å². The number of nitrogens with two attached hydrogens (primary N) is 1. The molecule has 2 aromatic rings. The van der Waals surface area contributed by atoms with E-state index in [1.807, 2.05) is 0 Å². The van der Waals surface area contributed by atoms with Gasteiger partial charge in [-0.2, -0.15) is 13.2 Å². The summed E-state index contributed by atoms with van der Waals surface area (Å²) < 4.78 is 37.7. The Morgan fingerprint density at radius 3 is 2.47 bits per heavy atom. The molecule has 0 atom stereocenters. The van der Waals surface area contributed by atoms with Gasteiger partial charge in [-0.3, -0.25) is 0 Å². The highest BCUT2D eigenvalue weighted by molar-refractivity contribution is 5.39. The van der Waals surface area contributed by atoms with Gasteiger partial charge in [-0.1, -0.05) is 6.07 Å². The molecule has 0 saturated carbocycles. The molecular weight excluding hydrogens is 253 g/mol. The fraction of sp³-hybridized carbons (Fsp3) is 0.214. The minimum absolute atomic E-state index is 0.405. The molecular formula is C14H13F3N2. The first kappa shape index (κ1) is 13.4. The van der Waals surface area contributed by atoms with Crippen LogP contribution in [0.1, 0.15) is 22.3 Å². The lowest BCUT2D eigenvalue weighted by molar-refractivity contribution is -0.137. The van der Waals surface area contributed by atoms with Crippen LogP contribution in [0.25, 0.3) is 0 Å². The summed E-state index contributed by atoms with van der Waals surface area (Å²) in [5.41, 5.74) is 7.34. The maximum atomic E-state index is 12.6. The second kappa shape index (κ2) is 4.91. The summed E-state index contributed by atoms with van der Waals surface area (Å²) in [6, 6.07) is 7.30. The molecule has 100 valence electrons. The first-order valence-corrected chi connectivity index (χ1v) is 5.73. The Morgan fingerprint density at radius 1 is 1.16 bits per heavy atom. The lowest BCUT2D eigenvalue weighted by atomic mass is 9.99. The molecule has 1 heterocycles. The van der Waals surface area contributed by atoms with Gasteiger partial charge in [0.1, 0.15) is 5.82 Å². The van der Waals surface area contributed by atoms with Gasteiger partial charge in [0.15, 0.2) is 0 Å². The summed E-state index contributed by atoms with van der Waals surface area (Å²) in [6.45, 7) is 1.68. The fourth-order valence-electron chi connectivity index (χ4n) is 1.89. The SMILES string of the molecule is Cc1cc(C(F)(F)F)ccc1Cc1ccnc(N)c1. The van der Waals surface area contributed by atoms with Crippen LogP contribution in [0.5, 0.6) is 0 Å². The molecule has 0 aliphatic carbocycles. The number of halogens is 3. The number of benzene rings is 1. The molecule has 1 aromatic carbocycles. The number of rotatable bonds is 2. The van der Waals surface area contributed by atoms with E-state index in [9.17, 15) is 13.2 Å². The van der Waals surface area contributed by atoms with E-state index in [1.165, 1.54) is 12.1 Å². The zero-order valence-electron chi connectivity index (χ0n) is 10.3. The summed E-state index contributed by atoms with van der Waals surface area (Å²) in [5, 5.41) is 0. The van der Waals surface area contributed by atoms with Crippen LogP contribution in [0.3, 0.4) is 0 Å². The van der Waals surface area contributed by atoms with Crippen molar-refractivity contribution < 1.29 is 13.2 Å². The Kier molecular flexibility index (Phi) is 3.46. The Morgan fingerprint density at radius 2 is 1.89 bits per heavy atom. The van der Waals surface area contributed by atoms with E-state index in [1.54, 1.807) is 25.3 Å². The van der Waals surface area contributed by atoms with Crippen molar-refractivity contribution in [1.82, 2.24) is 4.98 Å². The smallest absolute Gasteiger partial charge is 0.384 e. The molecule has 0 bridgehead atoms. The number of alkyl halides is 3. The molecule has 0 saturated heterocycles. The number of pyridine rings is 1. The highest BCUT2D eigenvalue weighted by Crippen LogP contribution is 2.30. The first-order valence-electron chi connectivity index (χ1n) is 5.73. The molecule has 0 radical (unpaired) electrons. The quantitative estimate of drug-likeness (QED) is 0.902. The van der Waals surface area contributed by atoms with Crippen LogP contribution in [0.4, 0.5) is 19.0 Å². The van der Waals surface area contributed by atoms with Crippen molar-refractivity contribution in [1.29, 1.82) is 0 Å². The maximum absolute atomic E-state index is 12.6. The number of hydrogen-bond acceptors (Lipinski definition) is 2. The molecule has 2 nitrogen and oxygen atoms in total. The number of aromatic nitrogens is 1. The predicted molar refractivity (Wildman–Crippen MR) is 67.6 cm³/mol. The lowest BCUT2D eigenvalue weighted by Crippen LogP contribution is -2.06. The Balaban J connectivity index is 2.27. The highest BCUT2D eigenvalue weighted by Gasteiger charge is 2.30. The topological polar surface area (TPSA) is 38.9 Å². The maximum Gasteiger partial charge on any atom is 0.416 e. The molecule has 0 aliphatic rings. The van der Waals surface area contributed by atoms with Crippen LogP contribution < -0.4 is 5.73 Å². The van der Waals surface area contributed by atoms with E-state index >= 15 is 0 Å². The molecule has 2 rings (SSSR count). The minimum atomic E-state index is -4.30. The van der Waals surface area contributed by atoms with Gasteiger partial charge in [-0.05, 0) is 54.3 Å². The van der Waals surface area contributed by atoms with E-state index in [4.69, 9.17) is 5.73 Å². The van der Waals surface area contributed by atoms with Gasteiger partial charge in [-0.15, -0.1) is 0 Å². The largest absolute Gasteiger partial charge is 0.416 e. The number of hydrogen-bond donors (Lipinski definition) is 1. The summed E-state index contributed by atoms with van der Waals surface area (Å²) in [6.07, 6.45) is -2.18. The zero-order chi connectivity index (χ0) is 14.0. The molecule has 0 unspecified atom stereocenters. The molecule has 1 aromatic heterocycles. The number of aryl methyl sites for hydroxylation is 1. The molecule has 0 amide bonds. The molecule has 19 heavy (non-hydrogen) atoms. The van der Waals surface area contributed by atoms with Gasteiger partial charge in [0.05, 0.1) is 5.56 Å². The molecule has 0 spiro atoms. The zero-order valence-corrected chi connectivity index (χ0v) is 10.3. The Bertz CT molecular complexity index is 591. The van der Waals surface area contributed by atoms with Gasteiger partial charge in [0.2, 0.25) is 0 Å². The molecule has 2 N–H and O–H groups in total. The van der Waals surface area contributed by atoms with Crippen molar-refractivity contribution in [3.05, 3.63) is 58.8 Å². The minimum Gasteiger partial charge on any atom is -0.384 e. The van der Waals surface area contributed by atoms with Crippen molar-refractivity contribution in [2.75, 3.05) is 5.73 Å². The third kappa shape index (κ3) is 3.24. The molecule has 0 aliphatic heterocycles. The molecule has 0 fully saturated rings. The van der Waals surface area contributed by atoms with Crippen molar-refractivity contribution in [3.63, 3.8) is 0 Å². The standard InChI is InChI=1S/C14H13F3N2/c1-9-6-12(14(15,16)17)3-2-11(9)7-10-4-5-19-13(18)8-10/h2-6,8H,7H2,1H3,(H2,18,19). The van der Waals surface area contributed by atoms with Gasteiger partial charge in [0, 0.05) is 6.20 Å². The van der Waals surface area contributed by atoms with Crippen LogP contribution in [0.2, 0.25) is 0 Å². The average Bonchev–Trinajstić information content (AvgIpc) is 2.30. The highest BCUT2D eigenvalue weighted by atomic mass is 19.4. The monoisotopic (exact) mass is 266 g/mol. The van der Waals surface area contributed by atoms with Crippen molar-refractivity contribution in [2.24, 2.45) is 0 Å². The van der Waals surface area contributed by atoms with Crippen molar-refractivity contribution >= 4 is 5.82 Å². The second-order valence-electron chi connectivity index (χ2n) is 4.40. The van der Waals surface area contributed by atoms with Crippen LogP contribution in [-0.4, -0.2) is 4.98 Å². The second-order valence-corrected chi connectivity index (χ2v) is 4.40. The van der Waals surface area contributed by atoms with Gasteiger partial charge in [0.25, 0.3) is 0 Å². The Labute approximate surface area is 109 Å². The first-order chi connectivity index (χ1) is 8.86. The fourth-order valence-corrected chi connectivity index (χ4v) is 1.89. The third-order valence-electron chi connectivity index (χ3n) is 2.91. The van der Waals surface area contributed by atoms with Crippen molar-refractivity contribution in [2.45, 2.75) is 19.5 Å². The van der Waals surface area contributed by atoms with E-state index < -0.39 is 11.7 Å². The van der Waals surface area contributed by atoms with E-state index in [0.717, 1.165) is 17.2 Å². The number of anilines is 1. The van der Waals surface area contributed by atoms with Crippen LogP contribution in [0, 0.1) is 6.92 Å². The summed E-state index contributed by atoms with van der Waals surface area (Å²) in [4.78, 5) is 3.88. The summed E-state index contributed by atoms with van der Waals surface area (Å²) in [5.74, 6) is 0.405. The van der Waals surface area contributed by atoms with Crippen LogP contribution in [0.15, 0.2) is 36.5 Å². The third-order valence-corrected chi connectivity index (χ3v) is 2.91. The summed E-state index contributed by atoms with van der Waals surface area (Å²) >= 11 is 0.